The van der Waals surface area contributed by atoms with Gasteiger partial charge in [0.2, 0.25) is 0 Å². The first-order valence-corrected chi connectivity index (χ1v) is 6.21. The first-order valence-electron chi connectivity index (χ1n) is 6.21. The lowest BCUT2D eigenvalue weighted by atomic mass is 9.97. The van der Waals surface area contributed by atoms with Crippen LogP contribution in [0, 0.1) is 0 Å². The van der Waals surface area contributed by atoms with Crippen molar-refractivity contribution in [2.45, 2.75) is 32.1 Å². The topological polar surface area (TPSA) is 46.9 Å². The summed E-state index contributed by atoms with van der Waals surface area (Å²) in [6.45, 7) is 0.790. The number of aromatic nitrogens is 2. The molecule has 0 fully saturated rings. The Morgan fingerprint density at radius 3 is 3.12 bits per heavy atom. The summed E-state index contributed by atoms with van der Waals surface area (Å²) in [6.07, 6.45) is 11.7. The van der Waals surface area contributed by atoms with Gasteiger partial charge in [-0.15, -0.1) is 0 Å². The van der Waals surface area contributed by atoms with Gasteiger partial charge in [0.1, 0.15) is 0 Å². The van der Waals surface area contributed by atoms with E-state index < -0.39 is 0 Å². The van der Waals surface area contributed by atoms with Crippen molar-refractivity contribution in [2.75, 3.05) is 11.9 Å². The van der Waals surface area contributed by atoms with Crippen LogP contribution in [0.15, 0.2) is 28.8 Å². The third-order valence-electron chi connectivity index (χ3n) is 3.14. The highest BCUT2D eigenvalue weighted by Gasteiger charge is 2.05. The maximum atomic E-state index is 11.7. The molecule has 4 nitrogen and oxygen atoms in total. The Labute approximate surface area is 101 Å². The second-order valence-electron chi connectivity index (χ2n) is 4.48. The highest BCUT2D eigenvalue weighted by molar-refractivity contribution is 5.30. The van der Waals surface area contributed by atoms with Gasteiger partial charge in [0.05, 0.1) is 0 Å². The molecule has 1 aromatic rings. The minimum Gasteiger partial charge on any atom is -0.365 e. The lowest BCUT2D eigenvalue weighted by Gasteiger charge is -2.13. The van der Waals surface area contributed by atoms with Crippen LogP contribution in [0.1, 0.15) is 32.1 Å². The molecule has 1 aliphatic rings. The summed E-state index contributed by atoms with van der Waals surface area (Å²) in [5.41, 5.74) is 1.45. The lowest BCUT2D eigenvalue weighted by Crippen LogP contribution is -2.22. The molecule has 4 heteroatoms. The van der Waals surface area contributed by atoms with Gasteiger partial charge in [-0.05, 0) is 32.1 Å². The molecule has 0 aliphatic heterocycles. The summed E-state index contributed by atoms with van der Waals surface area (Å²) in [5.74, 6) is 0.450. The van der Waals surface area contributed by atoms with Gasteiger partial charge in [-0.2, -0.15) is 0 Å². The largest absolute Gasteiger partial charge is 0.365 e. The molecule has 1 aromatic heterocycles. The second kappa shape index (κ2) is 5.66. The summed E-state index contributed by atoms with van der Waals surface area (Å²) in [6, 6.07) is 0. The SMILES string of the molecule is Cn1ccnc(NCCC2=CCCCC2)c1=O. The maximum Gasteiger partial charge on any atom is 0.293 e. The summed E-state index contributed by atoms with van der Waals surface area (Å²) in [4.78, 5) is 15.7. The number of anilines is 1. The fraction of sp³-hybridized carbons (Fsp3) is 0.538. The van der Waals surface area contributed by atoms with Crippen molar-refractivity contribution >= 4 is 5.82 Å². The van der Waals surface area contributed by atoms with Crippen LogP contribution in [-0.4, -0.2) is 16.1 Å². The van der Waals surface area contributed by atoms with Crippen molar-refractivity contribution in [3.63, 3.8) is 0 Å². The van der Waals surface area contributed by atoms with Crippen molar-refractivity contribution in [3.8, 4) is 0 Å². The van der Waals surface area contributed by atoms with E-state index in [0.717, 1.165) is 13.0 Å². The van der Waals surface area contributed by atoms with Crippen LogP contribution in [0.3, 0.4) is 0 Å². The second-order valence-corrected chi connectivity index (χ2v) is 4.48. The minimum absolute atomic E-state index is 0.0647. The van der Waals surface area contributed by atoms with Crippen LogP contribution >= 0.6 is 0 Å². The Morgan fingerprint density at radius 1 is 1.47 bits per heavy atom. The zero-order valence-electron chi connectivity index (χ0n) is 10.3. The van der Waals surface area contributed by atoms with E-state index in [1.54, 1.807) is 19.4 Å². The zero-order valence-corrected chi connectivity index (χ0v) is 10.3. The van der Waals surface area contributed by atoms with E-state index in [2.05, 4.69) is 16.4 Å². The number of nitrogens with one attached hydrogen (secondary N) is 1. The maximum absolute atomic E-state index is 11.7. The van der Waals surface area contributed by atoms with Gasteiger partial charge in [0, 0.05) is 26.0 Å². The minimum atomic E-state index is -0.0647. The number of aryl methyl sites for hydroxylation is 1. The van der Waals surface area contributed by atoms with Crippen LogP contribution in [0.4, 0.5) is 5.82 Å². The zero-order chi connectivity index (χ0) is 12.1. The fourth-order valence-electron chi connectivity index (χ4n) is 2.09. The summed E-state index contributed by atoms with van der Waals surface area (Å²) in [5, 5.41) is 3.12. The van der Waals surface area contributed by atoms with Crippen LogP contribution in [0.5, 0.6) is 0 Å². The van der Waals surface area contributed by atoms with Crippen molar-refractivity contribution in [1.29, 1.82) is 0 Å². The van der Waals surface area contributed by atoms with E-state index >= 15 is 0 Å². The molecule has 1 heterocycles. The molecule has 0 unspecified atom stereocenters. The number of nitrogens with zero attached hydrogens (tertiary/aromatic N) is 2. The molecule has 2 rings (SSSR count). The van der Waals surface area contributed by atoms with Gasteiger partial charge >= 0.3 is 0 Å². The van der Waals surface area contributed by atoms with E-state index in [9.17, 15) is 4.79 Å². The molecule has 0 radical (unpaired) electrons. The molecule has 0 spiro atoms. The summed E-state index contributed by atoms with van der Waals surface area (Å²) >= 11 is 0. The molecular formula is C13H19N3O. The van der Waals surface area contributed by atoms with E-state index in [1.165, 1.54) is 35.8 Å². The third kappa shape index (κ3) is 3.19. The van der Waals surface area contributed by atoms with Crippen LogP contribution < -0.4 is 10.9 Å². The molecule has 1 aliphatic carbocycles. The monoisotopic (exact) mass is 233 g/mol. The molecule has 0 aromatic carbocycles. The Balaban J connectivity index is 1.88. The molecule has 92 valence electrons. The van der Waals surface area contributed by atoms with Gasteiger partial charge in [0.15, 0.2) is 5.82 Å². The third-order valence-corrected chi connectivity index (χ3v) is 3.14. The van der Waals surface area contributed by atoms with E-state index in [0.29, 0.717) is 5.82 Å². The molecule has 17 heavy (non-hydrogen) atoms. The van der Waals surface area contributed by atoms with Crippen molar-refractivity contribution < 1.29 is 0 Å². The molecule has 1 N–H and O–H groups in total. The highest BCUT2D eigenvalue weighted by atomic mass is 16.1. The average Bonchev–Trinajstić information content (AvgIpc) is 2.36. The first-order chi connectivity index (χ1) is 8.27. The Bertz CT molecular complexity index is 462. The normalized spacial score (nSPS) is 15.5. The summed E-state index contributed by atoms with van der Waals surface area (Å²) < 4.78 is 1.54. The molecular weight excluding hydrogens is 214 g/mol. The molecule has 0 bridgehead atoms. The van der Waals surface area contributed by atoms with Crippen LogP contribution in [0.2, 0.25) is 0 Å². The number of rotatable bonds is 4. The van der Waals surface area contributed by atoms with Crippen LogP contribution in [-0.2, 0) is 7.05 Å². The van der Waals surface area contributed by atoms with Crippen LogP contribution in [0.25, 0.3) is 0 Å². The van der Waals surface area contributed by atoms with Gasteiger partial charge in [0.25, 0.3) is 5.56 Å². The van der Waals surface area contributed by atoms with Gasteiger partial charge in [-0.1, -0.05) is 11.6 Å². The van der Waals surface area contributed by atoms with Gasteiger partial charge in [-0.25, -0.2) is 4.98 Å². The Hall–Kier alpha value is -1.58. The first kappa shape index (κ1) is 11.9. The lowest BCUT2D eigenvalue weighted by molar-refractivity contribution is 0.679. The molecule has 0 amide bonds. The Morgan fingerprint density at radius 2 is 2.35 bits per heavy atom. The van der Waals surface area contributed by atoms with Gasteiger partial charge in [-0.3, -0.25) is 4.79 Å². The van der Waals surface area contributed by atoms with Gasteiger partial charge < -0.3 is 9.88 Å². The van der Waals surface area contributed by atoms with Crippen molar-refractivity contribution in [1.82, 2.24) is 9.55 Å². The standard InChI is InChI=1S/C13H19N3O/c1-16-10-9-15-12(13(16)17)14-8-7-11-5-3-2-4-6-11/h5,9-10H,2-4,6-8H2,1H3,(H,14,15). The smallest absolute Gasteiger partial charge is 0.293 e. The fourth-order valence-corrected chi connectivity index (χ4v) is 2.09. The quantitative estimate of drug-likeness (QED) is 0.810. The number of hydrogen-bond donors (Lipinski definition) is 1. The van der Waals surface area contributed by atoms with E-state index in [-0.39, 0.29) is 5.56 Å². The van der Waals surface area contributed by atoms with E-state index in [4.69, 9.17) is 0 Å². The predicted octanol–water partition coefficient (Wildman–Crippen LogP) is 2.08. The van der Waals surface area contributed by atoms with Crippen molar-refractivity contribution in [3.05, 3.63) is 34.4 Å². The average molecular weight is 233 g/mol. The number of allylic oxidation sites excluding steroid dienone is 1. The predicted molar refractivity (Wildman–Crippen MR) is 69.1 cm³/mol. The van der Waals surface area contributed by atoms with Crippen molar-refractivity contribution in [2.24, 2.45) is 7.05 Å². The molecule has 0 saturated heterocycles. The molecule has 0 atom stereocenters. The number of hydrogen-bond acceptors (Lipinski definition) is 3. The molecule has 0 saturated carbocycles. The summed E-state index contributed by atoms with van der Waals surface area (Å²) in [7, 11) is 1.73. The highest BCUT2D eigenvalue weighted by Crippen LogP contribution is 2.19. The van der Waals surface area contributed by atoms with E-state index in [1.807, 2.05) is 0 Å². The Kier molecular flexibility index (Phi) is 3.96.